The number of halogens is 3. The number of ether oxygens (including phenoxy) is 1. The summed E-state index contributed by atoms with van der Waals surface area (Å²) < 4.78 is 40.5. The number of hydrogen-bond acceptors (Lipinski definition) is 4. The number of rotatable bonds is 3. The van der Waals surface area contributed by atoms with E-state index >= 15 is 0 Å². The Morgan fingerprint density at radius 3 is 1.81 bits per heavy atom. The van der Waals surface area contributed by atoms with Crippen molar-refractivity contribution in [3.05, 3.63) is 97.9 Å². The predicted octanol–water partition coefficient (Wildman–Crippen LogP) is 5.75. The number of alkyl halides is 3. The summed E-state index contributed by atoms with van der Waals surface area (Å²) in [6, 6.07) is 20.1. The van der Waals surface area contributed by atoms with Crippen LogP contribution in [0.3, 0.4) is 0 Å². The molecule has 0 aliphatic carbocycles. The molecular weight excluding hydrogens is 556 g/mol. The zero-order chi connectivity index (χ0) is 21.6. The number of pyridine rings is 2. The van der Waals surface area contributed by atoms with Gasteiger partial charge < -0.3 is 4.74 Å². The minimum Gasteiger partial charge on any atom is -0.665 e. The Labute approximate surface area is 207 Å². The van der Waals surface area contributed by atoms with Crippen LogP contribution in [-0.2, 0) is 9.53 Å². The first-order chi connectivity index (χ1) is 14.4. The largest absolute Gasteiger partial charge is 0.665 e. The molecule has 4 nitrogen and oxygen atoms in total. The number of benzene rings is 2. The average Bonchev–Trinajstić information content (AvgIpc) is 2.77. The smallest absolute Gasteiger partial charge is 0.454 e. The van der Waals surface area contributed by atoms with Gasteiger partial charge in [0, 0.05) is 73.0 Å². The van der Waals surface area contributed by atoms with Crippen LogP contribution in [0.5, 0.6) is 0 Å². The topological polar surface area (TPSA) is 52.1 Å². The third kappa shape index (κ3) is 6.50. The molecule has 0 fully saturated rings. The Kier molecular flexibility index (Phi) is 8.99. The van der Waals surface area contributed by atoms with E-state index in [1.807, 2.05) is 12.1 Å². The second kappa shape index (κ2) is 11.2. The fourth-order valence-electron chi connectivity index (χ4n) is 2.69. The number of ketones is 1. The van der Waals surface area contributed by atoms with Gasteiger partial charge in [0.1, 0.15) is 0 Å². The van der Waals surface area contributed by atoms with Crippen molar-refractivity contribution >= 4 is 33.3 Å². The molecule has 4 rings (SSSR count). The van der Waals surface area contributed by atoms with Crippen molar-refractivity contribution in [3.8, 4) is 0 Å². The van der Waals surface area contributed by atoms with E-state index in [1.54, 1.807) is 30.6 Å². The number of carbonyl (C=O) groups excluding carboxylic acids is 1. The maximum atomic E-state index is 12.0. The Hall–Kier alpha value is -2.47. The number of aromatic nitrogens is 2. The summed E-state index contributed by atoms with van der Waals surface area (Å²) in [6.45, 7) is 0. The minimum atomic E-state index is -4.90. The van der Waals surface area contributed by atoms with Crippen molar-refractivity contribution in [1.82, 2.24) is 9.97 Å². The van der Waals surface area contributed by atoms with Crippen molar-refractivity contribution in [1.29, 1.82) is 0 Å². The zero-order valence-corrected chi connectivity index (χ0v) is 18.0. The van der Waals surface area contributed by atoms with Crippen LogP contribution < -0.4 is 0 Å². The first kappa shape index (κ1) is 24.8. The summed E-state index contributed by atoms with van der Waals surface area (Å²) in [6.07, 6.45) is -0.923. The Morgan fingerprint density at radius 2 is 1.35 bits per heavy atom. The molecule has 0 N–H and O–H groups in total. The molecule has 162 valence electrons. The van der Waals surface area contributed by atoms with E-state index in [9.17, 15) is 18.0 Å². The fourth-order valence-corrected chi connectivity index (χ4v) is 2.69. The molecule has 0 saturated carbocycles. The second-order valence-electron chi connectivity index (χ2n) is 6.10. The maximum absolute atomic E-state index is 12.0. The van der Waals surface area contributed by atoms with Crippen molar-refractivity contribution < 1.29 is 60.9 Å². The van der Waals surface area contributed by atoms with Gasteiger partial charge in [0.25, 0.3) is 5.78 Å². The Morgan fingerprint density at radius 1 is 0.839 bits per heavy atom. The molecule has 0 aliphatic heterocycles. The first-order valence-corrected chi connectivity index (χ1v) is 8.79. The molecule has 8 heteroatoms. The van der Waals surface area contributed by atoms with Gasteiger partial charge >= 0.3 is 6.18 Å². The number of carbonyl (C=O) groups is 1. The monoisotopic (exact) mass is 573 g/mol. The third-order valence-corrected chi connectivity index (χ3v) is 4.10. The van der Waals surface area contributed by atoms with Gasteiger partial charge in [-0.25, -0.2) is 0 Å². The molecule has 31 heavy (non-hydrogen) atoms. The molecular formula is C23H16DyF3N2O2-. The summed E-state index contributed by atoms with van der Waals surface area (Å²) in [4.78, 5) is 19.4. The molecule has 0 radical (unpaired) electrons. The van der Waals surface area contributed by atoms with Crippen LogP contribution in [0.15, 0.2) is 85.2 Å². The number of nitrogens with zero attached hydrogens (tertiary/aromatic N) is 2. The van der Waals surface area contributed by atoms with Crippen molar-refractivity contribution in [3.63, 3.8) is 0 Å². The number of hydrogen-bond donors (Lipinski definition) is 0. The van der Waals surface area contributed by atoms with Crippen molar-refractivity contribution in [2.75, 3.05) is 0 Å². The molecule has 0 unspecified atom stereocenters. The van der Waals surface area contributed by atoms with Gasteiger partial charge in [0.2, 0.25) is 0 Å². The molecule has 2 aromatic heterocycles. The van der Waals surface area contributed by atoms with Gasteiger partial charge in [-0.15, -0.1) is 0 Å². The fraction of sp³-hybridized carbons (Fsp3) is 0.0435. The Bertz CT molecular complexity index is 1140. The number of allylic oxidation sites excluding steroid dienone is 1. The van der Waals surface area contributed by atoms with E-state index < -0.39 is 12.0 Å². The molecule has 0 spiro atoms. The quantitative estimate of drug-likeness (QED) is 0.136. The van der Waals surface area contributed by atoms with Gasteiger partial charge in [-0.3, -0.25) is 14.8 Å². The van der Waals surface area contributed by atoms with Crippen molar-refractivity contribution in [2.45, 2.75) is 6.18 Å². The van der Waals surface area contributed by atoms with Gasteiger partial charge in [-0.1, -0.05) is 54.6 Å². The van der Waals surface area contributed by atoms with Crippen LogP contribution in [0, 0.1) is 45.3 Å². The SMILES string of the molecule is [CH2-]O/C(=C\C(=O)C(F)(F)F)c1ccccc1.[Dy].c1cnc2c(c1)ccc1cccnc12. The van der Waals surface area contributed by atoms with Crippen LogP contribution in [0.1, 0.15) is 5.56 Å². The summed E-state index contributed by atoms with van der Waals surface area (Å²) in [7, 11) is 3.01. The van der Waals surface area contributed by atoms with Crippen LogP contribution >= 0.6 is 0 Å². The third-order valence-electron chi connectivity index (χ3n) is 4.10. The van der Waals surface area contributed by atoms with Gasteiger partial charge in [-0.2, -0.15) is 20.3 Å². The van der Waals surface area contributed by atoms with Crippen LogP contribution in [-0.4, -0.2) is 21.9 Å². The molecule has 0 amide bonds. The summed E-state index contributed by atoms with van der Waals surface area (Å²) in [5.41, 5.74) is 2.31. The molecule has 4 aromatic rings. The van der Waals surface area contributed by atoms with E-state index in [2.05, 4.69) is 46.1 Å². The van der Waals surface area contributed by atoms with Gasteiger partial charge in [0.15, 0.2) is 0 Å². The molecule has 0 atom stereocenters. The summed E-state index contributed by atoms with van der Waals surface area (Å²) in [5, 5.41) is 2.28. The molecule has 0 aliphatic rings. The van der Waals surface area contributed by atoms with E-state index in [-0.39, 0.29) is 43.9 Å². The molecule has 0 saturated heterocycles. The maximum Gasteiger partial charge on any atom is 0.454 e. The van der Waals surface area contributed by atoms with E-state index in [0.29, 0.717) is 11.6 Å². The minimum absolute atomic E-state index is 0. The van der Waals surface area contributed by atoms with Crippen LogP contribution in [0.25, 0.3) is 27.6 Å². The Balaban J connectivity index is 0.000000214. The van der Waals surface area contributed by atoms with Crippen LogP contribution in [0.4, 0.5) is 13.2 Å². The molecule has 0 bridgehead atoms. The first-order valence-electron chi connectivity index (χ1n) is 8.79. The van der Waals surface area contributed by atoms with E-state index in [0.717, 1.165) is 21.8 Å². The summed E-state index contributed by atoms with van der Waals surface area (Å²) >= 11 is 0. The van der Waals surface area contributed by atoms with Gasteiger partial charge in [-0.05, 0) is 12.1 Å². The number of fused-ring (bicyclic) bond motifs is 3. The second-order valence-corrected chi connectivity index (χ2v) is 6.10. The van der Waals surface area contributed by atoms with E-state index in [4.69, 9.17) is 0 Å². The average molecular weight is 572 g/mol. The van der Waals surface area contributed by atoms with Crippen LogP contribution in [0.2, 0.25) is 0 Å². The van der Waals surface area contributed by atoms with Gasteiger partial charge in [0.05, 0.1) is 16.8 Å². The molecule has 2 heterocycles. The normalized spacial score (nSPS) is 11.3. The van der Waals surface area contributed by atoms with Crippen molar-refractivity contribution in [2.24, 2.45) is 0 Å². The molecule has 2 aromatic carbocycles. The zero-order valence-electron chi connectivity index (χ0n) is 16.0. The summed E-state index contributed by atoms with van der Waals surface area (Å²) in [5.74, 6) is -2.20. The predicted molar refractivity (Wildman–Crippen MR) is 109 cm³/mol. The van der Waals surface area contributed by atoms with E-state index in [1.165, 1.54) is 12.1 Å². The standard InChI is InChI=1S/C12H8N2.C11H8F3O2.Dy/c1-3-9-5-6-10-4-2-8-14-12(10)11(9)13-7-1;1-16-9(7-10(15)11(12,13)14)8-5-3-2-4-6-8;/h1-8H;2-7H,1H2;/q;-1;/b;9-7-;.